The fraction of sp³-hybridized carbons (Fsp3) is 0.800. The van der Waals surface area contributed by atoms with E-state index in [2.05, 4.69) is 21.3 Å². The first-order chi connectivity index (χ1) is 26.5. The van der Waals surface area contributed by atoms with Gasteiger partial charge >= 0.3 is 12.1 Å². The molecule has 324 valence electrons. The highest BCUT2D eigenvalue weighted by atomic mass is 16.6. The number of amides is 6. The third kappa shape index (κ3) is 17.8. The van der Waals surface area contributed by atoms with E-state index in [1.165, 1.54) is 4.90 Å². The van der Waals surface area contributed by atoms with Gasteiger partial charge in [-0.15, -0.1) is 0 Å². The summed E-state index contributed by atoms with van der Waals surface area (Å²) in [6.07, 6.45) is 3.81. The lowest BCUT2D eigenvalue weighted by molar-refractivity contribution is -0.155. The fourth-order valence-corrected chi connectivity index (χ4v) is 6.92. The van der Waals surface area contributed by atoms with E-state index in [0.29, 0.717) is 19.3 Å². The van der Waals surface area contributed by atoms with Gasteiger partial charge in [0.2, 0.25) is 29.4 Å². The van der Waals surface area contributed by atoms with E-state index in [1.807, 2.05) is 34.6 Å². The van der Waals surface area contributed by atoms with Crippen molar-refractivity contribution >= 4 is 47.4 Å². The third-order valence-corrected chi connectivity index (χ3v) is 9.39. The summed E-state index contributed by atoms with van der Waals surface area (Å²) < 4.78 is 16.8. The van der Waals surface area contributed by atoms with Crippen LogP contribution in [0.2, 0.25) is 0 Å². The number of hydrogen-bond donors (Lipinski definition) is 5. The molecule has 5 unspecified atom stereocenters. The highest BCUT2D eigenvalue weighted by Crippen LogP contribution is 2.31. The number of likely N-dealkylation sites (tertiary alicyclic amines) is 1. The molecule has 0 aromatic rings. The summed E-state index contributed by atoms with van der Waals surface area (Å²) in [5.74, 6) is -5.46. The summed E-state index contributed by atoms with van der Waals surface area (Å²) in [5.41, 5.74) is 4.16. The summed E-state index contributed by atoms with van der Waals surface area (Å²) in [6.45, 7) is 15.9. The topological polar surface area (TPSA) is 242 Å². The van der Waals surface area contributed by atoms with Crippen molar-refractivity contribution in [3.8, 4) is 0 Å². The maximum atomic E-state index is 14.4. The Morgan fingerprint density at radius 2 is 1.49 bits per heavy atom. The van der Waals surface area contributed by atoms with E-state index >= 15 is 0 Å². The van der Waals surface area contributed by atoms with Crippen LogP contribution in [0.3, 0.4) is 0 Å². The molecule has 0 spiro atoms. The van der Waals surface area contributed by atoms with Crippen LogP contribution < -0.4 is 27.0 Å². The normalized spacial score (nSPS) is 19.2. The molecule has 5 atom stereocenters. The maximum Gasteiger partial charge on any atom is 0.407 e. The van der Waals surface area contributed by atoms with Gasteiger partial charge in [0.25, 0.3) is 5.91 Å². The Morgan fingerprint density at radius 1 is 0.842 bits per heavy atom. The van der Waals surface area contributed by atoms with Crippen molar-refractivity contribution in [3.63, 3.8) is 0 Å². The lowest BCUT2D eigenvalue weighted by Crippen LogP contribution is -2.58. The number of ketones is 1. The van der Waals surface area contributed by atoms with Crippen molar-refractivity contribution in [2.45, 2.75) is 174 Å². The summed E-state index contributed by atoms with van der Waals surface area (Å²) in [5, 5.41) is 10.1. The number of carbonyl (C=O) groups excluding carboxylic acids is 8. The molecule has 17 heteroatoms. The van der Waals surface area contributed by atoms with Crippen LogP contribution in [0, 0.1) is 11.8 Å². The van der Waals surface area contributed by atoms with Crippen molar-refractivity contribution in [3.05, 3.63) is 0 Å². The monoisotopic (exact) mass is 808 g/mol. The molecule has 17 nitrogen and oxygen atoms in total. The molecule has 1 saturated carbocycles. The number of carbonyl (C=O) groups is 8. The molecule has 0 aromatic heterocycles. The van der Waals surface area contributed by atoms with Crippen LogP contribution in [0.1, 0.15) is 133 Å². The third-order valence-electron chi connectivity index (χ3n) is 9.39. The Bertz CT molecular complexity index is 1420. The Morgan fingerprint density at radius 3 is 2.05 bits per heavy atom. The number of alkyl carbamates (subject to hydrolysis) is 1. The molecule has 1 aliphatic heterocycles. The van der Waals surface area contributed by atoms with Gasteiger partial charge in [-0.2, -0.15) is 0 Å². The number of nitrogens with one attached hydrogen (secondary N) is 4. The van der Waals surface area contributed by atoms with Crippen LogP contribution in [0.5, 0.6) is 0 Å². The highest BCUT2D eigenvalue weighted by molar-refractivity contribution is 6.38. The quantitative estimate of drug-likeness (QED) is 0.0885. The predicted molar refractivity (Wildman–Crippen MR) is 210 cm³/mol. The zero-order valence-corrected chi connectivity index (χ0v) is 35.5. The molecular formula is C40H68N6O11. The van der Waals surface area contributed by atoms with Gasteiger partial charge in [-0.25, -0.2) is 4.79 Å². The van der Waals surface area contributed by atoms with E-state index in [0.717, 1.165) is 19.3 Å². The van der Waals surface area contributed by atoms with Gasteiger partial charge in [0.05, 0.1) is 30.9 Å². The minimum atomic E-state index is -1.28. The summed E-state index contributed by atoms with van der Waals surface area (Å²) in [7, 11) is 0. The van der Waals surface area contributed by atoms with Crippen molar-refractivity contribution in [2.24, 2.45) is 17.6 Å². The first kappa shape index (κ1) is 48.9. The van der Waals surface area contributed by atoms with Crippen molar-refractivity contribution in [1.29, 1.82) is 0 Å². The Balaban J connectivity index is 2.16. The average Bonchev–Trinajstić information content (AvgIpc) is 3.52. The summed E-state index contributed by atoms with van der Waals surface area (Å²) in [6, 6.07) is -4.44. The molecular weight excluding hydrogens is 740 g/mol. The SMILES string of the molecule is CCCC(NC(=O)C1CC(OC(C)(C)C)CN1C(=O)C(NC(=O)OCC(C)C)C1CCCCC1)C(=O)C(=O)NCC(=O)NC(CCCC(=O)OC(C)(C)C)C(N)=O. The number of hydrogen-bond acceptors (Lipinski definition) is 11. The molecule has 1 heterocycles. The molecule has 57 heavy (non-hydrogen) atoms. The molecule has 2 rings (SSSR count). The second-order valence-electron chi connectivity index (χ2n) is 17.5. The molecule has 2 fully saturated rings. The Kier molecular flexibility index (Phi) is 19.4. The van der Waals surface area contributed by atoms with E-state index in [9.17, 15) is 38.4 Å². The minimum Gasteiger partial charge on any atom is -0.460 e. The van der Waals surface area contributed by atoms with E-state index in [-0.39, 0.29) is 57.1 Å². The lowest BCUT2D eigenvalue weighted by Gasteiger charge is -2.34. The van der Waals surface area contributed by atoms with Crippen LogP contribution in [-0.2, 0) is 47.8 Å². The van der Waals surface area contributed by atoms with E-state index in [4.69, 9.17) is 19.9 Å². The van der Waals surface area contributed by atoms with Gasteiger partial charge in [-0.1, -0.05) is 46.5 Å². The second kappa shape index (κ2) is 22.6. The molecule has 1 aliphatic carbocycles. The van der Waals surface area contributed by atoms with E-state index < -0.39 is 95.4 Å². The van der Waals surface area contributed by atoms with Crippen LogP contribution in [-0.4, -0.2) is 113 Å². The summed E-state index contributed by atoms with van der Waals surface area (Å²) >= 11 is 0. The zero-order chi connectivity index (χ0) is 43.1. The molecule has 0 radical (unpaired) electrons. The molecule has 1 saturated heterocycles. The van der Waals surface area contributed by atoms with Gasteiger partial charge in [0, 0.05) is 19.4 Å². The molecule has 0 bridgehead atoms. The number of esters is 1. The largest absolute Gasteiger partial charge is 0.460 e. The van der Waals surface area contributed by atoms with Crippen molar-refractivity contribution in [2.75, 3.05) is 19.7 Å². The second-order valence-corrected chi connectivity index (χ2v) is 17.5. The number of ether oxygens (including phenoxy) is 3. The number of primary amides is 1. The van der Waals surface area contributed by atoms with Crippen LogP contribution in [0.15, 0.2) is 0 Å². The smallest absolute Gasteiger partial charge is 0.407 e. The van der Waals surface area contributed by atoms with E-state index in [1.54, 1.807) is 27.7 Å². The fourth-order valence-electron chi connectivity index (χ4n) is 6.92. The Hall–Kier alpha value is -4.28. The molecule has 6 amide bonds. The number of nitrogens with zero attached hydrogens (tertiary/aromatic N) is 1. The van der Waals surface area contributed by atoms with Gasteiger partial charge < -0.3 is 46.1 Å². The van der Waals surface area contributed by atoms with Gasteiger partial charge in [-0.3, -0.25) is 33.6 Å². The lowest BCUT2D eigenvalue weighted by atomic mass is 9.83. The van der Waals surface area contributed by atoms with Crippen LogP contribution >= 0.6 is 0 Å². The molecule has 0 aromatic carbocycles. The Labute approximate surface area is 337 Å². The van der Waals surface area contributed by atoms with Gasteiger partial charge in [0.15, 0.2) is 0 Å². The predicted octanol–water partition coefficient (Wildman–Crippen LogP) is 2.55. The number of Topliss-reactive ketones (excluding diaryl/α,β-unsaturated/α-hetero) is 1. The average molecular weight is 809 g/mol. The van der Waals surface area contributed by atoms with Crippen molar-refractivity contribution in [1.82, 2.24) is 26.2 Å². The van der Waals surface area contributed by atoms with Crippen molar-refractivity contribution < 1.29 is 52.6 Å². The molecule has 2 aliphatic rings. The number of nitrogens with two attached hydrogens (primary N) is 1. The standard InChI is InChI=1S/C40H68N6O11/c1-10-15-27(33(49)36(52)42-21-30(47)43-28(34(41)50)18-14-19-31(48)57-40(7,8)9)44-35(51)29-20-26(56-39(4,5)6)22-46(29)37(53)32(25-16-12-11-13-17-25)45-38(54)55-23-24(2)3/h24-29,32H,10-23H2,1-9H3,(H2,41,50)(H,42,52)(H,43,47)(H,44,51)(H,45,54). The zero-order valence-electron chi connectivity index (χ0n) is 35.5. The number of rotatable bonds is 20. The minimum absolute atomic E-state index is 0.00515. The van der Waals surface area contributed by atoms with Gasteiger partial charge in [-0.05, 0) is 85.5 Å². The maximum absolute atomic E-state index is 14.4. The first-order valence-corrected chi connectivity index (χ1v) is 20.4. The van der Waals surface area contributed by atoms with Crippen LogP contribution in [0.4, 0.5) is 4.79 Å². The van der Waals surface area contributed by atoms with Crippen LogP contribution in [0.25, 0.3) is 0 Å². The highest BCUT2D eigenvalue weighted by Gasteiger charge is 2.46. The molecule has 6 N–H and O–H groups in total. The van der Waals surface area contributed by atoms with Gasteiger partial charge in [0.1, 0.15) is 23.7 Å². The first-order valence-electron chi connectivity index (χ1n) is 20.4. The summed E-state index contributed by atoms with van der Waals surface area (Å²) in [4.78, 5) is 106.